The summed E-state index contributed by atoms with van der Waals surface area (Å²) in [5, 5.41) is 0.671. The standard InChI is InChI=1S/C17H15F3N4OS2/c1-8-6-11(17(18,19)20)22-16(21-8)26-7-12-23-14(25)13-9-4-2-3-5-10(9)27-15(13)24-12/h6H,2-5,7H2,1H3,(H,23,24,25). The van der Waals surface area contributed by atoms with E-state index in [0.717, 1.165) is 49.1 Å². The van der Waals surface area contributed by atoms with Gasteiger partial charge >= 0.3 is 6.18 Å². The molecular formula is C17H15F3N4OS2. The monoisotopic (exact) mass is 412 g/mol. The Bertz CT molecular complexity index is 1070. The van der Waals surface area contributed by atoms with Crippen LogP contribution in [-0.4, -0.2) is 19.9 Å². The smallest absolute Gasteiger partial charge is 0.309 e. The van der Waals surface area contributed by atoms with Crippen molar-refractivity contribution in [2.45, 2.75) is 49.7 Å². The summed E-state index contributed by atoms with van der Waals surface area (Å²) in [5.41, 5.74) is 0.185. The Morgan fingerprint density at radius 1 is 1.22 bits per heavy atom. The molecule has 0 unspecified atom stereocenters. The van der Waals surface area contributed by atoms with Crippen LogP contribution < -0.4 is 5.56 Å². The summed E-state index contributed by atoms with van der Waals surface area (Å²) in [6, 6.07) is 0.909. The second-order valence-corrected chi connectivity index (χ2v) is 8.39. The van der Waals surface area contributed by atoms with Crippen molar-refractivity contribution >= 4 is 33.3 Å². The van der Waals surface area contributed by atoms with E-state index in [2.05, 4.69) is 19.9 Å². The van der Waals surface area contributed by atoms with Gasteiger partial charge in [-0.2, -0.15) is 13.2 Å². The summed E-state index contributed by atoms with van der Waals surface area (Å²) < 4.78 is 38.7. The molecule has 3 aromatic heterocycles. The lowest BCUT2D eigenvalue weighted by molar-refractivity contribution is -0.141. The van der Waals surface area contributed by atoms with Crippen LogP contribution in [0, 0.1) is 6.92 Å². The number of thioether (sulfide) groups is 1. The van der Waals surface area contributed by atoms with Crippen molar-refractivity contribution in [3.63, 3.8) is 0 Å². The third-order valence-electron chi connectivity index (χ3n) is 4.34. The first-order valence-electron chi connectivity index (χ1n) is 8.40. The summed E-state index contributed by atoms with van der Waals surface area (Å²) in [7, 11) is 0. The number of halogens is 3. The van der Waals surface area contributed by atoms with Gasteiger partial charge in [0.05, 0.1) is 11.1 Å². The minimum Gasteiger partial charge on any atom is -0.309 e. The topological polar surface area (TPSA) is 71.5 Å². The van der Waals surface area contributed by atoms with Crippen molar-refractivity contribution in [3.8, 4) is 0 Å². The number of aryl methyl sites for hydroxylation is 3. The number of aromatic nitrogens is 4. The molecule has 4 rings (SSSR count). The first-order valence-corrected chi connectivity index (χ1v) is 10.2. The van der Waals surface area contributed by atoms with Crippen LogP contribution in [0.3, 0.4) is 0 Å². The van der Waals surface area contributed by atoms with Gasteiger partial charge in [0.1, 0.15) is 16.3 Å². The SMILES string of the molecule is Cc1cc(C(F)(F)F)nc(SCc2nc3sc4c(c3c(=O)[nH]2)CCCC4)n1. The molecule has 0 saturated carbocycles. The van der Waals surface area contributed by atoms with Crippen molar-refractivity contribution in [1.29, 1.82) is 0 Å². The van der Waals surface area contributed by atoms with Gasteiger partial charge in [0.15, 0.2) is 5.16 Å². The highest BCUT2D eigenvalue weighted by Crippen LogP contribution is 2.34. The number of rotatable bonds is 3. The van der Waals surface area contributed by atoms with Crippen molar-refractivity contribution in [2.75, 3.05) is 0 Å². The number of thiophene rings is 1. The van der Waals surface area contributed by atoms with Crippen LogP contribution in [-0.2, 0) is 24.8 Å². The van der Waals surface area contributed by atoms with Gasteiger partial charge in [0.25, 0.3) is 5.56 Å². The van der Waals surface area contributed by atoms with Crippen molar-refractivity contribution in [3.05, 3.63) is 44.1 Å². The summed E-state index contributed by atoms with van der Waals surface area (Å²) in [5.74, 6) is 0.601. The number of H-pyrrole nitrogens is 1. The molecule has 0 fully saturated rings. The molecule has 0 saturated heterocycles. The highest BCUT2D eigenvalue weighted by atomic mass is 32.2. The fourth-order valence-electron chi connectivity index (χ4n) is 3.16. The van der Waals surface area contributed by atoms with Crippen LogP contribution in [0.5, 0.6) is 0 Å². The molecule has 3 aromatic rings. The first kappa shape index (κ1) is 18.4. The lowest BCUT2D eigenvalue weighted by Gasteiger charge is -2.09. The molecule has 5 nitrogen and oxygen atoms in total. The van der Waals surface area contributed by atoms with Gasteiger partial charge in [-0.3, -0.25) is 4.79 Å². The molecule has 142 valence electrons. The molecule has 0 amide bonds. The van der Waals surface area contributed by atoms with Crippen molar-refractivity contribution < 1.29 is 13.2 Å². The number of nitrogens with one attached hydrogen (secondary N) is 1. The molecule has 10 heteroatoms. The zero-order chi connectivity index (χ0) is 19.2. The quantitative estimate of drug-likeness (QED) is 0.514. The molecule has 27 heavy (non-hydrogen) atoms. The molecule has 0 aliphatic heterocycles. The predicted octanol–water partition coefficient (Wildman–Crippen LogP) is 4.27. The lowest BCUT2D eigenvalue weighted by Crippen LogP contribution is -2.13. The molecule has 1 N–H and O–H groups in total. The van der Waals surface area contributed by atoms with Gasteiger partial charge < -0.3 is 4.98 Å². The number of aromatic amines is 1. The number of alkyl halides is 3. The average Bonchev–Trinajstić information content (AvgIpc) is 2.97. The van der Waals surface area contributed by atoms with Gasteiger partial charge in [-0.05, 0) is 44.2 Å². The largest absolute Gasteiger partial charge is 0.433 e. The van der Waals surface area contributed by atoms with E-state index < -0.39 is 11.9 Å². The molecule has 0 spiro atoms. The zero-order valence-corrected chi connectivity index (χ0v) is 15.9. The van der Waals surface area contributed by atoms with Crippen LogP contribution >= 0.6 is 23.1 Å². The van der Waals surface area contributed by atoms with Crippen LogP contribution in [0.4, 0.5) is 13.2 Å². The number of hydrogen-bond donors (Lipinski definition) is 1. The van der Waals surface area contributed by atoms with E-state index >= 15 is 0 Å². The van der Waals surface area contributed by atoms with E-state index in [4.69, 9.17) is 0 Å². The lowest BCUT2D eigenvalue weighted by atomic mass is 9.97. The normalized spacial score (nSPS) is 14.5. The van der Waals surface area contributed by atoms with Gasteiger partial charge in [-0.25, -0.2) is 15.0 Å². The number of fused-ring (bicyclic) bond motifs is 3. The van der Waals surface area contributed by atoms with E-state index in [1.165, 1.54) is 23.1 Å². The van der Waals surface area contributed by atoms with Gasteiger partial charge in [0.2, 0.25) is 0 Å². The Kier molecular flexibility index (Phi) is 4.71. The van der Waals surface area contributed by atoms with Crippen molar-refractivity contribution in [1.82, 2.24) is 19.9 Å². The molecule has 0 radical (unpaired) electrons. The molecule has 0 atom stereocenters. The van der Waals surface area contributed by atoms with Crippen molar-refractivity contribution in [2.24, 2.45) is 0 Å². The minimum absolute atomic E-state index is 0.00976. The maximum absolute atomic E-state index is 12.9. The minimum atomic E-state index is -4.52. The first-order chi connectivity index (χ1) is 12.8. The highest BCUT2D eigenvalue weighted by Gasteiger charge is 2.33. The summed E-state index contributed by atoms with van der Waals surface area (Å²) in [4.78, 5) is 29.3. The molecule has 1 aliphatic rings. The Hall–Kier alpha value is -1.94. The maximum atomic E-state index is 12.9. The number of hydrogen-bond acceptors (Lipinski definition) is 6. The van der Waals surface area contributed by atoms with Crippen LogP contribution in [0.25, 0.3) is 10.2 Å². The summed E-state index contributed by atoms with van der Waals surface area (Å²) in [6.07, 6.45) is -0.470. The third-order valence-corrected chi connectivity index (χ3v) is 6.38. The Morgan fingerprint density at radius 3 is 2.78 bits per heavy atom. The van der Waals surface area contributed by atoms with E-state index in [-0.39, 0.29) is 22.2 Å². The van der Waals surface area contributed by atoms with E-state index in [1.807, 2.05) is 0 Å². The van der Waals surface area contributed by atoms with Gasteiger partial charge in [-0.1, -0.05) is 11.8 Å². The van der Waals surface area contributed by atoms with Crippen LogP contribution in [0.1, 0.15) is 40.5 Å². The zero-order valence-electron chi connectivity index (χ0n) is 14.3. The highest BCUT2D eigenvalue weighted by molar-refractivity contribution is 7.98. The summed E-state index contributed by atoms with van der Waals surface area (Å²) in [6.45, 7) is 1.49. The van der Waals surface area contributed by atoms with E-state index in [0.29, 0.717) is 16.0 Å². The molecule has 0 bridgehead atoms. The summed E-state index contributed by atoms with van der Waals surface area (Å²) >= 11 is 2.56. The maximum Gasteiger partial charge on any atom is 0.433 e. The number of nitrogens with zero attached hydrogens (tertiary/aromatic N) is 3. The fraction of sp³-hybridized carbons (Fsp3) is 0.412. The Balaban J connectivity index is 1.61. The molecule has 1 aliphatic carbocycles. The predicted molar refractivity (Wildman–Crippen MR) is 98.2 cm³/mol. The Labute approximate surface area is 160 Å². The van der Waals surface area contributed by atoms with E-state index in [1.54, 1.807) is 0 Å². The average molecular weight is 412 g/mol. The van der Waals surface area contributed by atoms with E-state index in [9.17, 15) is 18.0 Å². The molecule has 0 aromatic carbocycles. The third kappa shape index (κ3) is 3.73. The second kappa shape index (κ2) is 6.90. The van der Waals surface area contributed by atoms with Gasteiger partial charge in [0, 0.05) is 10.6 Å². The Morgan fingerprint density at radius 2 is 2.00 bits per heavy atom. The van der Waals surface area contributed by atoms with Crippen LogP contribution in [0.2, 0.25) is 0 Å². The second-order valence-electron chi connectivity index (χ2n) is 6.37. The van der Waals surface area contributed by atoms with Crippen LogP contribution in [0.15, 0.2) is 16.0 Å². The molecular weight excluding hydrogens is 397 g/mol. The molecule has 3 heterocycles. The van der Waals surface area contributed by atoms with Gasteiger partial charge in [-0.15, -0.1) is 11.3 Å². The fourth-order valence-corrected chi connectivity index (χ4v) is 5.22.